The highest BCUT2D eigenvalue weighted by molar-refractivity contribution is 5.80. The number of hydrogen-bond acceptors (Lipinski definition) is 4. The molecular formula is C15H21FN2O3. The van der Waals surface area contributed by atoms with Gasteiger partial charge in [-0.3, -0.25) is 9.69 Å². The summed E-state index contributed by atoms with van der Waals surface area (Å²) in [6.07, 6.45) is -0.944. The van der Waals surface area contributed by atoms with Crippen LogP contribution in [-0.2, 0) is 4.79 Å². The quantitative estimate of drug-likeness (QED) is 0.870. The Morgan fingerprint density at radius 1 is 1.33 bits per heavy atom. The minimum absolute atomic E-state index is 0.225. The number of amides is 1. The molecule has 1 amide bonds. The molecule has 1 heterocycles. The number of nitrogens with zero attached hydrogens (tertiary/aromatic N) is 2. The molecule has 1 aromatic carbocycles. The van der Waals surface area contributed by atoms with Crippen LogP contribution in [-0.4, -0.2) is 66.2 Å². The van der Waals surface area contributed by atoms with Crippen LogP contribution in [0.15, 0.2) is 24.3 Å². The molecule has 116 valence electrons. The molecule has 1 aromatic rings. The second-order valence-electron chi connectivity index (χ2n) is 5.12. The van der Waals surface area contributed by atoms with Crippen LogP contribution in [0.3, 0.4) is 0 Å². The Bertz CT molecular complexity index is 474. The van der Waals surface area contributed by atoms with E-state index in [1.807, 2.05) is 0 Å². The van der Waals surface area contributed by atoms with Gasteiger partial charge in [0.15, 0.2) is 11.6 Å². The molecule has 5 nitrogen and oxygen atoms in total. The van der Waals surface area contributed by atoms with E-state index in [0.29, 0.717) is 26.2 Å². The maximum absolute atomic E-state index is 13.4. The summed E-state index contributed by atoms with van der Waals surface area (Å²) in [5.41, 5.74) is 0. The van der Waals surface area contributed by atoms with Gasteiger partial charge in [0.2, 0.25) is 0 Å². The molecule has 0 radical (unpaired) electrons. The first-order chi connectivity index (χ1) is 10.1. The molecule has 1 aliphatic heterocycles. The average Bonchev–Trinajstić information content (AvgIpc) is 2.49. The van der Waals surface area contributed by atoms with Crippen LogP contribution < -0.4 is 4.74 Å². The lowest BCUT2D eigenvalue weighted by Gasteiger charge is -2.35. The highest BCUT2D eigenvalue weighted by Gasteiger charge is 2.23. The van der Waals surface area contributed by atoms with Gasteiger partial charge in [0.1, 0.15) is 12.7 Å². The van der Waals surface area contributed by atoms with E-state index in [1.165, 1.54) is 13.0 Å². The Hall–Kier alpha value is -1.66. The summed E-state index contributed by atoms with van der Waals surface area (Å²) in [6, 6.07) is 6.34. The van der Waals surface area contributed by atoms with Gasteiger partial charge in [0, 0.05) is 32.7 Å². The first-order valence-electron chi connectivity index (χ1n) is 7.14. The molecule has 1 fully saturated rings. The molecule has 1 aliphatic rings. The predicted octanol–water partition coefficient (Wildman–Crippen LogP) is 0.729. The number of carbonyl (C=O) groups is 1. The van der Waals surface area contributed by atoms with Crippen molar-refractivity contribution in [3.05, 3.63) is 30.1 Å². The van der Waals surface area contributed by atoms with Gasteiger partial charge >= 0.3 is 0 Å². The van der Waals surface area contributed by atoms with Crippen LogP contribution in [0.5, 0.6) is 5.75 Å². The van der Waals surface area contributed by atoms with Gasteiger partial charge in [0.25, 0.3) is 5.91 Å². The van der Waals surface area contributed by atoms with Crippen molar-refractivity contribution in [1.29, 1.82) is 0 Å². The summed E-state index contributed by atoms with van der Waals surface area (Å²) in [5, 5.41) is 9.27. The van der Waals surface area contributed by atoms with E-state index in [4.69, 9.17) is 4.74 Å². The third kappa shape index (κ3) is 4.41. The molecule has 0 aromatic heterocycles. The Morgan fingerprint density at radius 2 is 2.00 bits per heavy atom. The molecule has 6 heteroatoms. The maximum Gasteiger partial charge on any atom is 0.251 e. The highest BCUT2D eigenvalue weighted by Crippen LogP contribution is 2.15. The molecule has 1 N–H and O–H groups in total. The lowest BCUT2D eigenvalue weighted by Crippen LogP contribution is -2.51. The molecule has 2 rings (SSSR count). The minimum Gasteiger partial charge on any atom is -0.489 e. The van der Waals surface area contributed by atoms with Crippen molar-refractivity contribution in [2.45, 2.75) is 13.0 Å². The van der Waals surface area contributed by atoms with E-state index in [0.717, 1.165) is 13.1 Å². The normalized spacial score (nSPS) is 17.6. The van der Waals surface area contributed by atoms with Crippen LogP contribution in [0.2, 0.25) is 0 Å². The van der Waals surface area contributed by atoms with Crippen molar-refractivity contribution in [3.8, 4) is 5.75 Å². The third-order valence-corrected chi connectivity index (χ3v) is 3.54. The number of hydrogen-bond donors (Lipinski definition) is 1. The molecule has 1 atom stereocenters. The lowest BCUT2D eigenvalue weighted by molar-refractivity contribution is -0.141. The molecular weight excluding hydrogens is 275 g/mol. The molecule has 0 aliphatic carbocycles. The zero-order valence-corrected chi connectivity index (χ0v) is 12.2. The largest absolute Gasteiger partial charge is 0.489 e. The van der Waals surface area contributed by atoms with Gasteiger partial charge in [-0.15, -0.1) is 0 Å². The number of ether oxygens (including phenoxy) is 1. The molecule has 0 bridgehead atoms. The maximum atomic E-state index is 13.4. The SMILES string of the molecule is CC(O)C(=O)N1CCN(CCOc2ccccc2F)CC1. The number of aliphatic hydroxyl groups excluding tert-OH is 1. The summed E-state index contributed by atoms with van der Waals surface area (Å²) in [5.74, 6) is -0.317. The van der Waals surface area contributed by atoms with E-state index >= 15 is 0 Å². The fourth-order valence-corrected chi connectivity index (χ4v) is 2.30. The van der Waals surface area contributed by atoms with Gasteiger partial charge in [-0.25, -0.2) is 4.39 Å². The zero-order chi connectivity index (χ0) is 15.2. The Labute approximate surface area is 123 Å². The number of rotatable bonds is 5. The van der Waals surface area contributed by atoms with E-state index in [-0.39, 0.29) is 17.5 Å². The number of aliphatic hydroxyl groups is 1. The van der Waals surface area contributed by atoms with Crippen molar-refractivity contribution in [1.82, 2.24) is 9.80 Å². The molecule has 0 spiro atoms. The number of halogens is 1. The smallest absolute Gasteiger partial charge is 0.251 e. The van der Waals surface area contributed by atoms with E-state index in [2.05, 4.69) is 4.90 Å². The summed E-state index contributed by atoms with van der Waals surface area (Å²) in [4.78, 5) is 15.5. The lowest BCUT2D eigenvalue weighted by atomic mass is 10.2. The van der Waals surface area contributed by atoms with Crippen LogP contribution in [0.4, 0.5) is 4.39 Å². The highest BCUT2D eigenvalue weighted by atomic mass is 19.1. The second kappa shape index (κ2) is 7.38. The molecule has 0 saturated carbocycles. The van der Waals surface area contributed by atoms with Crippen molar-refractivity contribution < 1.29 is 19.0 Å². The number of benzene rings is 1. The van der Waals surface area contributed by atoms with E-state index in [9.17, 15) is 14.3 Å². The summed E-state index contributed by atoms with van der Waals surface area (Å²) < 4.78 is 18.8. The van der Waals surface area contributed by atoms with Gasteiger partial charge in [-0.05, 0) is 19.1 Å². The predicted molar refractivity (Wildman–Crippen MR) is 76.6 cm³/mol. The average molecular weight is 296 g/mol. The van der Waals surface area contributed by atoms with Gasteiger partial charge < -0.3 is 14.7 Å². The fourth-order valence-electron chi connectivity index (χ4n) is 2.30. The summed E-state index contributed by atoms with van der Waals surface area (Å²) in [6.45, 7) is 5.25. The zero-order valence-electron chi connectivity index (χ0n) is 12.2. The molecule has 21 heavy (non-hydrogen) atoms. The summed E-state index contributed by atoms with van der Waals surface area (Å²) in [7, 11) is 0. The number of piperazine rings is 1. The minimum atomic E-state index is -0.944. The standard InChI is InChI=1S/C15H21FN2O3/c1-12(19)15(20)18-8-6-17(7-9-18)10-11-21-14-5-3-2-4-13(14)16/h2-5,12,19H,6-11H2,1H3. The van der Waals surface area contributed by atoms with Crippen LogP contribution >= 0.6 is 0 Å². The van der Waals surface area contributed by atoms with Crippen molar-refractivity contribution >= 4 is 5.91 Å². The topological polar surface area (TPSA) is 53.0 Å². The van der Waals surface area contributed by atoms with Crippen molar-refractivity contribution in [2.75, 3.05) is 39.3 Å². The van der Waals surface area contributed by atoms with Crippen molar-refractivity contribution in [3.63, 3.8) is 0 Å². The second-order valence-corrected chi connectivity index (χ2v) is 5.12. The van der Waals surface area contributed by atoms with E-state index < -0.39 is 6.10 Å². The van der Waals surface area contributed by atoms with Crippen LogP contribution in [0.1, 0.15) is 6.92 Å². The number of para-hydroxylation sites is 1. The Morgan fingerprint density at radius 3 is 2.62 bits per heavy atom. The Kier molecular flexibility index (Phi) is 5.52. The van der Waals surface area contributed by atoms with Crippen LogP contribution in [0.25, 0.3) is 0 Å². The third-order valence-electron chi connectivity index (χ3n) is 3.54. The number of carbonyl (C=O) groups excluding carboxylic acids is 1. The van der Waals surface area contributed by atoms with Gasteiger partial charge in [-0.1, -0.05) is 12.1 Å². The summed E-state index contributed by atoms with van der Waals surface area (Å²) >= 11 is 0. The van der Waals surface area contributed by atoms with Gasteiger partial charge in [-0.2, -0.15) is 0 Å². The van der Waals surface area contributed by atoms with Gasteiger partial charge in [0.05, 0.1) is 0 Å². The first kappa shape index (κ1) is 15.7. The first-order valence-corrected chi connectivity index (χ1v) is 7.14. The van der Waals surface area contributed by atoms with E-state index in [1.54, 1.807) is 23.1 Å². The monoisotopic (exact) mass is 296 g/mol. The molecule has 1 unspecified atom stereocenters. The Balaban J connectivity index is 1.70. The van der Waals surface area contributed by atoms with Crippen LogP contribution in [0, 0.1) is 5.82 Å². The van der Waals surface area contributed by atoms with Crippen molar-refractivity contribution in [2.24, 2.45) is 0 Å². The molecule has 1 saturated heterocycles. The fraction of sp³-hybridized carbons (Fsp3) is 0.533.